The molecule has 2 rings (SSSR count). The summed E-state index contributed by atoms with van der Waals surface area (Å²) in [4.78, 5) is 35.9. The van der Waals surface area contributed by atoms with E-state index in [1.54, 1.807) is 25.1 Å². The molecule has 2 atom stereocenters. The quantitative estimate of drug-likeness (QED) is 0.585. The lowest BCUT2D eigenvalue weighted by Gasteiger charge is -2.29. The van der Waals surface area contributed by atoms with Gasteiger partial charge < -0.3 is 5.11 Å². The van der Waals surface area contributed by atoms with Crippen LogP contribution in [0.15, 0.2) is 35.4 Å². The Balaban J connectivity index is 2.05. The molecule has 6 heteroatoms. The number of hydrogen-bond acceptors (Lipinski definition) is 3. The molecule has 0 fully saturated rings. The van der Waals surface area contributed by atoms with E-state index in [1.807, 2.05) is 19.9 Å². The number of aryl methyl sites for hydroxylation is 1. The monoisotopic (exact) mass is 330 g/mol. The Hall–Kier alpha value is -2.63. The first-order valence-electron chi connectivity index (χ1n) is 7.85. The molecule has 128 valence electrons. The van der Waals surface area contributed by atoms with E-state index in [0.29, 0.717) is 18.4 Å². The van der Waals surface area contributed by atoms with E-state index in [-0.39, 0.29) is 0 Å². The molecule has 24 heavy (non-hydrogen) atoms. The third-order valence-corrected chi connectivity index (χ3v) is 4.61. The number of hydrazine groups is 1. The predicted octanol–water partition coefficient (Wildman–Crippen LogP) is 2.20. The van der Waals surface area contributed by atoms with Crippen molar-refractivity contribution in [1.82, 2.24) is 10.9 Å². The summed E-state index contributed by atoms with van der Waals surface area (Å²) in [7, 11) is 0. The standard InChI is InChI=1S/C18H22N2O4/c1-10-6-4-5-7-13(10)16(21)19-20-17(22)14-8-11(2)12(3)9-15(14)18(23)24/h4-7,14-15H,8-9H2,1-3H3,(H,19,21)(H,20,22)(H,23,24)/t14-,15+/m1/s1. The van der Waals surface area contributed by atoms with Gasteiger partial charge in [0.05, 0.1) is 11.8 Å². The van der Waals surface area contributed by atoms with Gasteiger partial charge in [-0.25, -0.2) is 0 Å². The topological polar surface area (TPSA) is 95.5 Å². The Morgan fingerprint density at radius 2 is 1.54 bits per heavy atom. The van der Waals surface area contributed by atoms with Gasteiger partial charge in [-0.1, -0.05) is 29.3 Å². The Morgan fingerprint density at radius 3 is 2.12 bits per heavy atom. The fourth-order valence-corrected chi connectivity index (χ4v) is 2.93. The van der Waals surface area contributed by atoms with Crippen molar-refractivity contribution < 1.29 is 19.5 Å². The predicted molar refractivity (Wildman–Crippen MR) is 89.0 cm³/mol. The lowest BCUT2D eigenvalue weighted by molar-refractivity contribution is -0.147. The van der Waals surface area contributed by atoms with Crippen LogP contribution in [0, 0.1) is 18.8 Å². The summed E-state index contributed by atoms with van der Waals surface area (Å²) in [6.07, 6.45) is 0.736. The number of carbonyl (C=O) groups is 3. The Bertz CT molecular complexity index is 709. The van der Waals surface area contributed by atoms with E-state index in [4.69, 9.17) is 0 Å². The van der Waals surface area contributed by atoms with Crippen molar-refractivity contribution in [2.45, 2.75) is 33.6 Å². The zero-order chi connectivity index (χ0) is 17.9. The van der Waals surface area contributed by atoms with E-state index in [9.17, 15) is 19.5 Å². The fraction of sp³-hybridized carbons (Fsp3) is 0.389. The summed E-state index contributed by atoms with van der Waals surface area (Å²) < 4.78 is 0. The smallest absolute Gasteiger partial charge is 0.307 e. The zero-order valence-electron chi connectivity index (χ0n) is 14.1. The second-order valence-electron chi connectivity index (χ2n) is 6.28. The minimum Gasteiger partial charge on any atom is -0.481 e. The number of carbonyl (C=O) groups excluding carboxylic acids is 2. The van der Waals surface area contributed by atoms with Gasteiger partial charge in [-0.3, -0.25) is 25.2 Å². The molecule has 1 aliphatic rings. The summed E-state index contributed by atoms with van der Waals surface area (Å²) in [6, 6.07) is 7.02. The molecule has 0 aromatic heterocycles. The highest BCUT2D eigenvalue weighted by atomic mass is 16.4. The molecule has 1 aromatic carbocycles. The molecule has 1 aliphatic carbocycles. The van der Waals surface area contributed by atoms with E-state index in [1.165, 1.54) is 0 Å². The average Bonchev–Trinajstić information content (AvgIpc) is 2.54. The molecule has 3 N–H and O–H groups in total. The van der Waals surface area contributed by atoms with Gasteiger partial charge in [0.1, 0.15) is 0 Å². The molecular weight excluding hydrogens is 308 g/mol. The second kappa shape index (κ2) is 7.29. The van der Waals surface area contributed by atoms with Crippen LogP contribution >= 0.6 is 0 Å². The van der Waals surface area contributed by atoms with Crippen LogP contribution < -0.4 is 10.9 Å². The molecule has 6 nitrogen and oxygen atoms in total. The van der Waals surface area contributed by atoms with Gasteiger partial charge in [0, 0.05) is 5.56 Å². The summed E-state index contributed by atoms with van der Waals surface area (Å²) in [6.45, 7) is 5.59. The summed E-state index contributed by atoms with van der Waals surface area (Å²) in [5, 5.41) is 9.36. The van der Waals surface area contributed by atoms with Gasteiger partial charge in [-0.15, -0.1) is 0 Å². The van der Waals surface area contributed by atoms with E-state index < -0.39 is 29.6 Å². The maximum Gasteiger partial charge on any atom is 0.307 e. The average molecular weight is 330 g/mol. The largest absolute Gasteiger partial charge is 0.481 e. The molecular formula is C18H22N2O4. The maximum absolute atomic E-state index is 12.4. The Morgan fingerprint density at radius 1 is 0.958 bits per heavy atom. The van der Waals surface area contributed by atoms with Gasteiger partial charge >= 0.3 is 5.97 Å². The van der Waals surface area contributed by atoms with Crippen molar-refractivity contribution in [3.63, 3.8) is 0 Å². The highest BCUT2D eigenvalue weighted by Crippen LogP contribution is 2.34. The molecule has 0 unspecified atom stereocenters. The molecule has 0 bridgehead atoms. The van der Waals surface area contributed by atoms with Crippen LogP contribution in [0.5, 0.6) is 0 Å². The zero-order valence-corrected chi connectivity index (χ0v) is 14.1. The minimum absolute atomic E-state index is 0.352. The SMILES string of the molecule is CC1=C(C)C[C@@H](C(=O)NNC(=O)c2ccccc2C)[C@@H](C(=O)O)C1. The normalized spacial score (nSPS) is 20.5. The van der Waals surface area contributed by atoms with Crippen molar-refractivity contribution in [3.8, 4) is 0 Å². The lowest BCUT2D eigenvalue weighted by atomic mass is 9.76. The highest BCUT2D eigenvalue weighted by Gasteiger charge is 2.37. The first kappa shape index (κ1) is 17.7. The summed E-state index contributed by atoms with van der Waals surface area (Å²) in [5.41, 5.74) is 8.04. The number of allylic oxidation sites excluding steroid dienone is 2. The molecule has 2 amide bonds. The number of carboxylic acids is 1. The maximum atomic E-state index is 12.4. The Kier molecular flexibility index (Phi) is 5.39. The summed E-state index contributed by atoms with van der Waals surface area (Å²) >= 11 is 0. The van der Waals surface area contributed by atoms with Crippen LogP contribution in [-0.2, 0) is 9.59 Å². The van der Waals surface area contributed by atoms with Crippen LogP contribution in [-0.4, -0.2) is 22.9 Å². The number of amides is 2. The van der Waals surface area contributed by atoms with Crippen LogP contribution in [0.3, 0.4) is 0 Å². The molecule has 0 spiro atoms. The Labute approximate surface area is 140 Å². The number of rotatable bonds is 3. The molecule has 0 saturated heterocycles. The molecule has 0 heterocycles. The van der Waals surface area contributed by atoms with Crippen LogP contribution in [0.2, 0.25) is 0 Å². The molecule has 0 radical (unpaired) electrons. The van der Waals surface area contributed by atoms with Gasteiger partial charge in [-0.05, 0) is 45.2 Å². The third kappa shape index (κ3) is 3.82. The van der Waals surface area contributed by atoms with Gasteiger partial charge in [0.25, 0.3) is 5.91 Å². The number of hydrogen-bond donors (Lipinski definition) is 3. The molecule has 0 aliphatic heterocycles. The minimum atomic E-state index is -0.993. The van der Waals surface area contributed by atoms with Gasteiger partial charge in [0.15, 0.2) is 0 Å². The number of aliphatic carboxylic acids is 1. The second-order valence-corrected chi connectivity index (χ2v) is 6.28. The molecule has 0 saturated carbocycles. The van der Waals surface area contributed by atoms with E-state index in [2.05, 4.69) is 10.9 Å². The van der Waals surface area contributed by atoms with Crippen LogP contribution in [0.25, 0.3) is 0 Å². The summed E-state index contributed by atoms with van der Waals surface area (Å²) in [5.74, 6) is -3.36. The number of nitrogens with one attached hydrogen (secondary N) is 2. The van der Waals surface area contributed by atoms with Crippen molar-refractivity contribution in [1.29, 1.82) is 0 Å². The van der Waals surface area contributed by atoms with E-state index in [0.717, 1.165) is 16.7 Å². The fourth-order valence-electron chi connectivity index (χ4n) is 2.93. The first-order chi connectivity index (χ1) is 11.3. The van der Waals surface area contributed by atoms with Crippen molar-refractivity contribution in [2.24, 2.45) is 11.8 Å². The van der Waals surface area contributed by atoms with Crippen molar-refractivity contribution in [3.05, 3.63) is 46.5 Å². The van der Waals surface area contributed by atoms with Gasteiger partial charge in [0.2, 0.25) is 5.91 Å². The van der Waals surface area contributed by atoms with Crippen LogP contribution in [0.1, 0.15) is 42.6 Å². The third-order valence-electron chi connectivity index (χ3n) is 4.61. The number of benzene rings is 1. The van der Waals surface area contributed by atoms with Crippen LogP contribution in [0.4, 0.5) is 0 Å². The lowest BCUT2D eigenvalue weighted by Crippen LogP contribution is -2.48. The van der Waals surface area contributed by atoms with Crippen molar-refractivity contribution >= 4 is 17.8 Å². The van der Waals surface area contributed by atoms with E-state index >= 15 is 0 Å². The van der Waals surface area contributed by atoms with Gasteiger partial charge in [-0.2, -0.15) is 0 Å². The highest BCUT2D eigenvalue weighted by molar-refractivity contribution is 5.97. The molecule has 1 aromatic rings. The number of carboxylic acid groups (broad SMARTS) is 1. The first-order valence-corrected chi connectivity index (χ1v) is 7.85. The van der Waals surface area contributed by atoms with Crippen molar-refractivity contribution in [2.75, 3.05) is 0 Å².